The molecule has 1 aromatic carbocycles. The van der Waals surface area contributed by atoms with Crippen LogP contribution in [0.2, 0.25) is 5.02 Å². The van der Waals surface area contributed by atoms with Crippen molar-refractivity contribution >= 4 is 17.5 Å². The first-order valence-corrected chi connectivity index (χ1v) is 7.68. The monoisotopic (exact) mass is 295 g/mol. The van der Waals surface area contributed by atoms with E-state index in [1.54, 1.807) is 13.2 Å². The molecule has 1 fully saturated rings. The third kappa shape index (κ3) is 4.41. The lowest BCUT2D eigenvalue weighted by Crippen LogP contribution is -2.35. The molecule has 3 nitrogen and oxygen atoms in total. The molecule has 1 aliphatic rings. The molecule has 1 aromatic rings. The summed E-state index contributed by atoms with van der Waals surface area (Å²) >= 11 is 6.16. The number of rotatable bonds is 4. The molecular formula is C16H22ClNO2. The lowest BCUT2D eigenvalue weighted by Gasteiger charge is -2.16. The average molecular weight is 296 g/mol. The van der Waals surface area contributed by atoms with Crippen molar-refractivity contribution < 1.29 is 9.53 Å². The second-order valence-electron chi connectivity index (χ2n) is 5.39. The van der Waals surface area contributed by atoms with Gasteiger partial charge >= 0.3 is 0 Å². The van der Waals surface area contributed by atoms with Crippen LogP contribution in [0, 0.1) is 0 Å². The number of nitrogens with one attached hydrogen (secondary N) is 1. The number of methoxy groups -OCH3 is 1. The van der Waals surface area contributed by atoms with Crippen LogP contribution in [-0.4, -0.2) is 19.1 Å². The van der Waals surface area contributed by atoms with Gasteiger partial charge in [0.1, 0.15) is 5.75 Å². The Morgan fingerprint density at radius 1 is 1.30 bits per heavy atom. The number of ether oxygens (including phenoxy) is 1. The molecule has 1 saturated carbocycles. The third-order valence-corrected chi connectivity index (χ3v) is 4.18. The second-order valence-corrected chi connectivity index (χ2v) is 5.80. The molecule has 110 valence electrons. The lowest BCUT2D eigenvalue weighted by atomic mass is 10.1. The largest absolute Gasteiger partial charge is 0.497 e. The zero-order valence-corrected chi connectivity index (χ0v) is 12.7. The molecule has 1 N–H and O–H groups in total. The Bertz CT molecular complexity index is 454. The maximum atomic E-state index is 12.1. The second kappa shape index (κ2) is 7.53. The molecule has 0 unspecified atom stereocenters. The molecule has 0 heterocycles. The van der Waals surface area contributed by atoms with E-state index in [0.717, 1.165) is 18.4 Å². The molecule has 1 amide bonds. The van der Waals surface area contributed by atoms with Gasteiger partial charge in [0.15, 0.2) is 0 Å². The van der Waals surface area contributed by atoms with Gasteiger partial charge in [-0.1, -0.05) is 43.4 Å². The van der Waals surface area contributed by atoms with Crippen LogP contribution >= 0.6 is 11.6 Å². The van der Waals surface area contributed by atoms with Crippen molar-refractivity contribution in [1.29, 1.82) is 0 Å². The highest BCUT2D eigenvalue weighted by atomic mass is 35.5. The van der Waals surface area contributed by atoms with E-state index in [9.17, 15) is 4.79 Å². The zero-order valence-electron chi connectivity index (χ0n) is 12.0. The molecule has 0 bridgehead atoms. The minimum Gasteiger partial charge on any atom is -0.497 e. The van der Waals surface area contributed by atoms with Crippen LogP contribution in [0.25, 0.3) is 0 Å². The van der Waals surface area contributed by atoms with Gasteiger partial charge in [-0.15, -0.1) is 0 Å². The summed E-state index contributed by atoms with van der Waals surface area (Å²) in [6.45, 7) is 0. The van der Waals surface area contributed by atoms with Crippen molar-refractivity contribution in [3.8, 4) is 5.75 Å². The van der Waals surface area contributed by atoms with Crippen LogP contribution < -0.4 is 10.1 Å². The van der Waals surface area contributed by atoms with Gasteiger partial charge in [-0.25, -0.2) is 0 Å². The Morgan fingerprint density at radius 2 is 2.00 bits per heavy atom. The van der Waals surface area contributed by atoms with E-state index in [1.807, 2.05) is 12.1 Å². The van der Waals surface area contributed by atoms with E-state index in [1.165, 1.54) is 25.7 Å². The lowest BCUT2D eigenvalue weighted by molar-refractivity contribution is -0.121. The topological polar surface area (TPSA) is 38.3 Å². The summed E-state index contributed by atoms with van der Waals surface area (Å²) in [7, 11) is 1.60. The quantitative estimate of drug-likeness (QED) is 0.860. The molecule has 0 spiro atoms. The number of benzene rings is 1. The van der Waals surface area contributed by atoms with Crippen molar-refractivity contribution in [2.45, 2.75) is 51.0 Å². The molecule has 4 heteroatoms. The summed E-state index contributed by atoms with van der Waals surface area (Å²) in [5, 5.41) is 3.72. The van der Waals surface area contributed by atoms with Crippen LogP contribution in [0.4, 0.5) is 0 Å². The Hall–Kier alpha value is -1.22. The minimum absolute atomic E-state index is 0.0592. The number of amides is 1. The Labute approximate surface area is 125 Å². The van der Waals surface area contributed by atoms with Gasteiger partial charge in [-0.05, 0) is 30.5 Å². The smallest absolute Gasteiger partial charge is 0.224 e. The first-order valence-electron chi connectivity index (χ1n) is 7.31. The van der Waals surface area contributed by atoms with Crippen LogP contribution in [0.15, 0.2) is 18.2 Å². The fraction of sp³-hybridized carbons (Fsp3) is 0.562. The number of carbonyl (C=O) groups excluding carboxylic acids is 1. The van der Waals surface area contributed by atoms with Gasteiger partial charge in [0.05, 0.1) is 13.5 Å². The Morgan fingerprint density at radius 3 is 2.60 bits per heavy atom. The van der Waals surface area contributed by atoms with Crippen LogP contribution in [0.5, 0.6) is 5.75 Å². The fourth-order valence-electron chi connectivity index (χ4n) is 2.67. The highest BCUT2D eigenvalue weighted by molar-refractivity contribution is 6.31. The number of hydrogen-bond donors (Lipinski definition) is 1. The summed E-state index contributed by atoms with van der Waals surface area (Å²) in [5.74, 6) is 0.770. The third-order valence-electron chi connectivity index (χ3n) is 3.83. The number of carbonyl (C=O) groups is 1. The number of hydrogen-bond acceptors (Lipinski definition) is 2. The van der Waals surface area contributed by atoms with E-state index >= 15 is 0 Å². The van der Waals surface area contributed by atoms with Gasteiger partial charge < -0.3 is 10.1 Å². The summed E-state index contributed by atoms with van der Waals surface area (Å²) in [6.07, 6.45) is 7.54. The average Bonchev–Trinajstić information content (AvgIpc) is 2.69. The van der Waals surface area contributed by atoms with Crippen molar-refractivity contribution in [3.05, 3.63) is 28.8 Å². The SMILES string of the molecule is COc1ccc(CC(=O)NC2CCCCCC2)c(Cl)c1. The fourth-order valence-corrected chi connectivity index (χ4v) is 2.91. The summed E-state index contributed by atoms with van der Waals surface area (Å²) in [5.41, 5.74) is 0.846. The summed E-state index contributed by atoms with van der Waals surface area (Å²) in [6, 6.07) is 5.77. The van der Waals surface area contributed by atoms with Gasteiger partial charge in [0.2, 0.25) is 5.91 Å². The molecule has 0 aromatic heterocycles. The van der Waals surface area contributed by atoms with Gasteiger partial charge in [0.25, 0.3) is 0 Å². The van der Waals surface area contributed by atoms with Gasteiger partial charge in [-0.3, -0.25) is 4.79 Å². The molecule has 0 radical (unpaired) electrons. The van der Waals surface area contributed by atoms with E-state index < -0.39 is 0 Å². The Balaban J connectivity index is 1.90. The van der Waals surface area contributed by atoms with E-state index in [0.29, 0.717) is 23.2 Å². The molecule has 1 aliphatic carbocycles. The molecule has 2 rings (SSSR count). The predicted molar refractivity (Wildman–Crippen MR) is 81.3 cm³/mol. The maximum absolute atomic E-state index is 12.1. The molecule has 20 heavy (non-hydrogen) atoms. The van der Waals surface area contributed by atoms with Crippen molar-refractivity contribution in [2.75, 3.05) is 7.11 Å². The Kier molecular flexibility index (Phi) is 5.72. The highest BCUT2D eigenvalue weighted by Gasteiger charge is 2.15. The molecular weight excluding hydrogens is 274 g/mol. The van der Waals surface area contributed by atoms with Crippen LogP contribution in [0.3, 0.4) is 0 Å². The van der Waals surface area contributed by atoms with E-state index in [2.05, 4.69) is 5.32 Å². The highest BCUT2D eigenvalue weighted by Crippen LogP contribution is 2.23. The van der Waals surface area contributed by atoms with Crippen molar-refractivity contribution in [3.63, 3.8) is 0 Å². The van der Waals surface area contributed by atoms with Crippen LogP contribution in [-0.2, 0) is 11.2 Å². The van der Waals surface area contributed by atoms with Crippen molar-refractivity contribution in [2.24, 2.45) is 0 Å². The number of halogens is 1. The maximum Gasteiger partial charge on any atom is 0.224 e. The molecule has 0 saturated heterocycles. The van der Waals surface area contributed by atoms with E-state index in [-0.39, 0.29) is 5.91 Å². The first-order chi connectivity index (χ1) is 9.69. The van der Waals surface area contributed by atoms with Gasteiger partial charge in [-0.2, -0.15) is 0 Å². The molecule has 0 atom stereocenters. The van der Waals surface area contributed by atoms with E-state index in [4.69, 9.17) is 16.3 Å². The normalized spacial score (nSPS) is 16.5. The predicted octanol–water partition coefficient (Wildman–Crippen LogP) is 3.73. The van der Waals surface area contributed by atoms with Gasteiger partial charge in [0, 0.05) is 11.1 Å². The van der Waals surface area contributed by atoms with Crippen LogP contribution in [0.1, 0.15) is 44.1 Å². The summed E-state index contributed by atoms with van der Waals surface area (Å²) < 4.78 is 5.11. The minimum atomic E-state index is 0.0592. The first kappa shape index (κ1) is 15.2. The zero-order chi connectivity index (χ0) is 14.4. The standard InChI is InChI=1S/C16H22ClNO2/c1-20-14-9-8-12(15(17)11-14)10-16(19)18-13-6-4-2-3-5-7-13/h8-9,11,13H,2-7,10H2,1H3,(H,18,19). The van der Waals surface area contributed by atoms with Crippen molar-refractivity contribution in [1.82, 2.24) is 5.32 Å². The summed E-state index contributed by atoms with van der Waals surface area (Å²) in [4.78, 5) is 12.1. The molecule has 0 aliphatic heterocycles.